The Bertz CT molecular complexity index is 1450. The van der Waals surface area contributed by atoms with Crippen LogP contribution in [0.3, 0.4) is 0 Å². The quantitative estimate of drug-likeness (QED) is 0.572. The van der Waals surface area contributed by atoms with Crippen LogP contribution in [-0.4, -0.2) is 31.6 Å². The Labute approximate surface area is 187 Å². The molecule has 0 aliphatic carbocycles. The van der Waals surface area contributed by atoms with Crippen molar-refractivity contribution in [1.82, 2.24) is 14.0 Å². The lowest BCUT2D eigenvalue weighted by Gasteiger charge is -2.27. The van der Waals surface area contributed by atoms with Crippen LogP contribution in [0.2, 0.25) is 0 Å². The SMILES string of the molecule is N#Cc1ccc(-n2c(O)c3n(c2=O)[C@H]2C[C@@H]3N(C(=O)c3cc(F)cc(F)c3)C2)cc1C(F)(F)F. The molecule has 2 aliphatic rings. The van der Waals surface area contributed by atoms with E-state index in [4.69, 9.17) is 5.26 Å². The van der Waals surface area contributed by atoms with E-state index in [0.717, 1.165) is 24.3 Å². The molecule has 1 aromatic heterocycles. The minimum atomic E-state index is -4.87. The minimum absolute atomic E-state index is 0.0131. The molecule has 2 aliphatic heterocycles. The van der Waals surface area contributed by atoms with Crippen molar-refractivity contribution in [1.29, 1.82) is 5.26 Å². The van der Waals surface area contributed by atoms with E-state index in [-0.39, 0.29) is 29.9 Å². The summed E-state index contributed by atoms with van der Waals surface area (Å²) in [6.45, 7) is 0.0131. The Morgan fingerprint density at radius 1 is 1.12 bits per heavy atom. The smallest absolute Gasteiger partial charge is 0.417 e. The second-order valence-corrected chi connectivity index (χ2v) is 8.06. The lowest BCUT2D eigenvalue weighted by molar-refractivity contribution is -0.137. The van der Waals surface area contributed by atoms with Gasteiger partial charge in [0.25, 0.3) is 5.91 Å². The Morgan fingerprint density at radius 3 is 2.41 bits per heavy atom. The van der Waals surface area contributed by atoms with Gasteiger partial charge >= 0.3 is 11.9 Å². The summed E-state index contributed by atoms with van der Waals surface area (Å²) in [4.78, 5) is 27.2. The summed E-state index contributed by atoms with van der Waals surface area (Å²) in [5.74, 6) is -3.26. The first-order valence-corrected chi connectivity index (χ1v) is 9.96. The first kappa shape index (κ1) is 21.7. The second-order valence-electron chi connectivity index (χ2n) is 8.06. The van der Waals surface area contributed by atoms with Crippen LogP contribution in [0.15, 0.2) is 41.2 Å². The van der Waals surface area contributed by atoms with Crippen LogP contribution in [0.1, 0.15) is 45.7 Å². The number of hydrogen-bond donors (Lipinski definition) is 1. The first-order valence-electron chi connectivity index (χ1n) is 9.96. The van der Waals surface area contributed by atoms with E-state index in [2.05, 4.69) is 0 Å². The van der Waals surface area contributed by atoms with Crippen LogP contribution in [0, 0.1) is 23.0 Å². The van der Waals surface area contributed by atoms with Gasteiger partial charge in [-0.3, -0.25) is 9.36 Å². The third-order valence-corrected chi connectivity index (χ3v) is 6.12. The highest BCUT2D eigenvalue weighted by molar-refractivity contribution is 5.95. The molecule has 7 nitrogen and oxygen atoms in total. The summed E-state index contributed by atoms with van der Waals surface area (Å²) in [6.07, 6.45) is -4.62. The maximum atomic E-state index is 13.6. The number of halogens is 5. The molecule has 1 fully saturated rings. The number of carbonyl (C=O) groups excluding carboxylic acids is 1. The molecular weight excluding hydrogens is 463 g/mol. The predicted octanol–water partition coefficient (Wildman–Crippen LogP) is 3.66. The van der Waals surface area contributed by atoms with E-state index in [1.165, 1.54) is 15.5 Å². The van der Waals surface area contributed by atoms with Gasteiger partial charge in [-0.15, -0.1) is 0 Å². The molecule has 0 unspecified atom stereocenters. The number of nitriles is 1. The average Bonchev–Trinajstić information content (AvgIpc) is 3.43. The molecule has 0 saturated carbocycles. The zero-order chi connectivity index (χ0) is 24.5. The van der Waals surface area contributed by atoms with Crippen LogP contribution in [-0.2, 0) is 6.18 Å². The van der Waals surface area contributed by atoms with Crippen LogP contribution in [0.25, 0.3) is 5.69 Å². The topological polar surface area (TPSA) is 91.3 Å². The van der Waals surface area contributed by atoms with Crippen LogP contribution >= 0.6 is 0 Å². The van der Waals surface area contributed by atoms with Gasteiger partial charge in [0, 0.05) is 18.2 Å². The number of hydrogen-bond acceptors (Lipinski definition) is 4. The molecular formula is C22H13F5N4O3. The molecule has 2 aromatic carbocycles. The summed E-state index contributed by atoms with van der Waals surface area (Å²) >= 11 is 0. The van der Waals surface area contributed by atoms with Crippen molar-refractivity contribution in [2.75, 3.05) is 6.54 Å². The Hall–Kier alpha value is -4.14. The second kappa shape index (κ2) is 7.18. The number of alkyl halides is 3. The molecule has 1 amide bonds. The molecule has 12 heteroatoms. The number of likely N-dealkylation sites (tertiary alicyclic amines) is 1. The van der Waals surface area contributed by atoms with E-state index >= 15 is 0 Å². The fourth-order valence-electron chi connectivity index (χ4n) is 4.75. The van der Waals surface area contributed by atoms with E-state index in [9.17, 15) is 36.6 Å². The molecule has 1 saturated heterocycles. The van der Waals surface area contributed by atoms with Gasteiger partial charge in [-0.1, -0.05) is 0 Å². The highest BCUT2D eigenvalue weighted by Crippen LogP contribution is 2.49. The third kappa shape index (κ3) is 3.07. The zero-order valence-corrected chi connectivity index (χ0v) is 17.0. The number of aromatic hydroxyl groups is 1. The van der Waals surface area contributed by atoms with Crippen molar-refractivity contribution in [3.8, 4) is 17.6 Å². The van der Waals surface area contributed by atoms with Gasteiger partial charge in [0.2, 0.25) is 5.88 Å². The number of rotatable bonds is 2. The van der Waals surface area contributed by atoms with Crippen LogP contribution < -0.4 is 5.69 Å². The van der Waals surface area contributed by atoms with Crippen LogP contribution in [0.4, 0.5) is 22.0 Å². The lowest BCUT2D eigenvalue weighted by atomic mass is 10.1. The van der Waals surface area contributed by atoms with Crippen molar-refractivity contribution in [2.45, 2.75) is 24.7 Å². The molecule has 3 aromatic rings. The zero-order valence-electron chi connectivity index (χ0n) is 17.0. The average molecular weight is 476 g/mol. The third-order valence-electron chi connectivity index (χ3n) is 6.12. The largest absolute Gasteiger partial charge is 0.493 e. The molecule has 2 bridgehead atoms. The summed E-state index contributed by atoms with van der Waals surface area (Å²) in [5.41, 5.74) is -3.25. The standard InChI is InChI=1S/C22H13F5N4O3/c23-12-3-11(4-13(24)5-12)19(32)29-9-15-7-17(29)18-20(33)31(21(34)30(15)18)14-2-1-10(8-28)16(6-14)22(25,26)27/h1-6,15,17,33H,7,9H2/t15-,17-/m0/s1. The number of amides is 1. The number of fused-ring (bicyclic) bond motifs is 5. The number of carbonyl (C=O) groups is 1. The summed E-state index contributed by atoms with van der Waals surface area (Å²) < 4.78 is 69.2. The van der Waals surface area contributed by atoms with Gasteiger partial charge < -0.3 is 10.0 Å². The predicted molar refractivity (Wildman–Crippen MR) is 105 cm³/mol. The molecule has 34 heavy (non-hydrogen) atoms. The maximum absolute atomic E-state index is 13.6. The van der Waals surface area contributed by atoms with Crippen LogP contribution in [0.5, 0.6) is 5.88 Å². The van der Waals surface area contributed by atoms with Crippen molar-refractivity contribution >= 4 is 5.91 Å². The molecule has 0 spiro atoms. The first-order chi connectivity index (χ1) is 16.0. The lowest BCUT2D eigenvalue weighted by Crippen LogP contribution is -2.37. The summed E-state index contributed by atoms with van der Waals surface area (Å²) in [6, 6.07) is 4.98. The van der Waals surface area contributed by atoms with E-state index in [1.807, 2.05) is 0 Å². The van der Waals surface area contributed by atoms with Crippen molar-refractivity contribution in [3.05, 3.63) is 80.9 Å². The molecule has 5 rings (SSSR count). The number of aromatic nitrogens is 2. The van der Waals surface area contributed by atoms with Crippen molar-refractivity contribution < 1.29 is 31.9 Å². The summed E-state index contributed by atoms with van der Waals surface area (Å²) in [5, 5.41) is 19.8. The molecule has 0 radical (unpaired) electrons. The van der Waals surface area contributed by atoms with Gasteiger partial charge in [0.1, 0.15) is 17.3 Å². The number of imidazole rings is 1. The maximum Gasteiger partial charge on any atom is 0.417 e. The highest BCUT2D eigenvalue weighted by Gasteiger charge is 2.49. The molecule has 174 valence electrons. The van der Waals surface area contributed by atoms with Crippen molar-refractivity contribution in [2.24, 2.45) is 0 Å². The fraction of sp³-hybridized carbons (Fsp3) is 0.227. The van der Waals surface area contributed by atoms with Gasteiger partial charge in [-0.25, -0.2) is 18.1 Å². The summed E-state index contributed by atoms with van der Waals surface area (Å²) in [7, 11) is 0. The van der Waals surface area contributed by atoms with Crippen molar-refractivity contribution in [3.63, 3.8) is 0 Å². The number of benzene rings is 2. The van der Waals surface area contributed by atoms with Gasteiger partial charge in [-0.2, -0.15) is 18.4 Å². The Morgan fingerprint density at radius 2 is 1.79 bits per heavy atom. The van der Waals surface area contributed by atoms with Gasteiger partial charge in [0.05, 0.1) is 35.0 Å². The Kier molecular flexibility index (Phi) is 4.58. The normalized spacial score (nSPS) is 18.8. The van der Waals surface area contributed by atoms with E-state index in [0.29, 0.717) is 16.7 Å². The monoisotopic (exact) mass is 476 g/mol. The highest BCUT2D eigenvalue weighted by atomic mass is 19.4. The van der Waals surface area contributed by atoms with Gasteiger partial charge in [-0.05, 0) is 36.8 Å². The minimum Gasteiger partial charge on any atom is -0.493 e. The number of nitrogens with zero attached hydrogens (tertiary/aromatic N) is 4. The van der Waals surface area contributed by atoms with E-state index < -0.39 is 58.5 Å². The van der Waals surface area contributed by atoms with Gasteiger partial charge in [0.15, 0.2) is 0 Å². The molecule has 1 N–H and O–H groups in total. The fourth-order valence-corrected chi connectivity index (χ4v) is 4.75. The Balaban J connectivity index is 1.58. The molecule has 3 heterocycles. The van der Waals surface area contributed by atoms with E-state index in [1.54, 1.807) is 0 Å². The molecule has 2 atom stereocenters.